The van der Waals surface area contributed by atoms with E-state index in [1.54, 1.807) is 0 Å². The Morgan fingerprint density at radius 1 is 1.33 bits per heavy atom. The van der Waals surface area contributed by atoms with Gasteiger partial charge in [-0.15, -0.1) is 0 Å². The molecule has 0 bridgehead atoms. The van der Waals surface area contributed by atoms with Crippen LogP contribution in [0.1, 0.15) is 41.6 Å². The van der Waals surface area contributed by atoms with Crippen molar-refractivity contribution in [2.45, 2.75) is 26.2 Å². The van der Waals surface area contributed by atoms with E-state index in [-0.39, 0.29) is 0 Å². The van der Waals surface area contributed by atoms with Crippen molar-refractivity contribution in [3.8, 4) is 0 Å². The van der Waals surface area contributed by atoms with E-state index in [9.17, 15) is 4.79 Å². The molecular formula is C13H23N3OS. The van der Waals surface area contributed by atoms with Crippen LogP contribution in [0.5, 0.6) is 0 Å². The summed E-state index contributed by atoms with van der Waals surface area (Å²) >= 11 is 1.49. The summed E-state index contributed by atoms with van der Waals surface area (Å²) in [6, 6.07) is 0. The van der Waals surface area contributed by atoms with Crippen LogP contribution in [0.15, 0.2) is 0 Å². The highest BCUT2D eigenvalue weighted by molar-refractivity contribution is 7.17. The van der Waals surface area contributed by atoms with Crippen LogP contribution >= 0.6 is 11.3 Å². The van der Waals surface area contributed by atoms with Gasteiger partial charge in [0.1, 0.15) is 0 Å². The van der Waals surface area contributed by atoms with Crippen LogP contribution in [0.2, 0.25) is 0 Å². The first-order valence-electron chi connectivity index (χ1n) is 6.31. The Morgan fingerprint density at radius 3 is 2.50 bits per heavy atom. The van der Waals surface area contributed by atoms with Crippen molar-refractivity contribution in [3.63, 3.8) is 0 Å². The molecule has 0 radical (unpaired) electrons. The van der Waals surface area contributed by atoms with Crippen LogP contribution < -0.4 is 4.90 Å². The summed E-state index contributed by atoms with van der Waals surface area (Å²) in [5.74, 6) is 0.345. The molecule has 0 N–H and O–H groups in total. The maximum absolute atomic E-state index is 11.1. The number of rotatable bonds is 7. The molecule has 1 aromatic rings. The van der Waals surface area contributed by atoms with Gasteiger partial charge in [-0.1, -0.05) is 25.2 Å². The molecule has 1 atom stereocenters. The van der Waals surface area contributed by atoms with E-state index < -0.39 is 0 Å². The Balaban J connectivity index is 2.83. The third-order valence-corrected chi connectivity index (χ3v) is 4.18. The number of anilines is 1. The molecule has 0 fully saturated rings. The van der Waals surface area contributed by atoms with Crippen LogP contribution in [0.3, 0.4) is 0 Å². The molecule has 1 rings (SSSR count). The maximum atomic E-state index is 11.1. The second kappa shape index (κ2) is 6.85. The lowest BCUT2D eigenvalue weighted by Gasteiger charge is -2.18. The van der Waals surface area contributed by atoms with Crippen molar-refractivity contribution in [3.05, 3.63) is 10.6 Å². The van der Waals surface area contributed by atoms with Gasteiger partial charge in [0.25, 0.3) is 0 Å². The molecule has 1 unspecified atom stereocenters. The lowest BCUT2D eigenvalue weighted by molar-refractivity contribution is 0.112. The number of carbonyl (C=O) groups is 1. The molecule has 1 aromatic heterocycles. The Labute approximate surface area is 114 Å². The third-order valence-electron chi connectivity index (χ3n) is 3.07. The molecule has 0 amide bonds. The fraction of sp³-hybridized carbons (Fsp3) is 0.692. The van der Waals surface area contributed by atoms with Crippen molar-refractivity contribution < 1.29 is 4.79 Å². The molecule has 102 valence electrons. The van der Waals surface area contributed by atoms with Crippen LogP contribution in [-0.4, -0.2) is 50.4 Å². The highest BCUT2D eigenvalue weighted by Gasteiger charge is 2.17. The number of aromatic nitrogens is 1. The average molecular weight is 269 g/mol. The Kier molecular flexibility index (Phi) is 5.75. The van der Waals surface area contributed by atoms with Crippen LogP contribution in [0, 0.1) is 0 Å². The first-order chi connectivity index (χ1) is 8.49. The van der Waals surface area contributed by atoms with E-state index in [1.807, 2.05) is 7.05 Å². The summed E-state index contributed by atoms with van der Waals surface area (Å²) in [6.07, 6.45) is 1.94. The Hall–Kier alpha value is -0.940. The van der Waals surface area contributed by atoms with Gasteiger partial charge in [-0.2, -0.15) is 0 Å². The fourth-order valence-electron chi connectivity index (χ4n) is 1.57. The van der Waals surface area contributed by atoms with Gasteiger partial charge in [0.2, 0.25) is 0 Å². The van der Waals surface area contributed by atoms with E-state index in [2.05, 4.69) is 42.7 Å². The minimum absolute atomic E-state index is 0.345. The van der Waals surface area contributed by atoms with E-state index in [0.717, 1.165) is 41.5 Å². The molecule has 1 heterocycles. The number of hydrogen-bond donors (Lipinski definition) is 0. The summed E-state index contributed by atoms with van der Waals surface area (Å²) in [6.45, 7) is 6.13. The second-order valence-corrected chi connectivity index (χ2v) is 5.91. The SMILES string of the molecule is CCC(C)c1nc(N(C)CCN(C)C)sc1C=O. The summed E-state index contributed by atoms with van der Waals surface area (Å²) in [5, 5.41) is 0.939. The maximum Gasteiger partial charge on any atom is 0.186 e. The molecule has 4 nitrogen and oxygen atoms in total. The second-order valence-electron chi connectivity index (χ2n) is 4.90. The van der Waals surface area contributed by atoms with E-state index in [4.69, 9.17) is 0 Å². The zero-order chi connectivity index (χ0) is 13.7. The van der Waals surface area contributed by atoms with Crippen LogP contribution in [-0.2, 0) is 0 Å². The molecule has 0 aliphatic carbocycles. The Morgan fingerprint density at radius 2 is 2.00 bits per heavy atom. The normalized spacial score (nSPS) is 12.8. The van der Waals surface area contributed by atoms with Crippen molar-refractivity contribution in [1.82, 2.24) is 9.88 Å². The molecule has 0 spiro atoms. The van der Waals surface area contributed by atoms with E-state index in [0.29, 0.717) is 5.92 Å². The highest BCUT2D eigenvalue weighted by Crippen LogP contribution is 2.30. The molecule has 0 saturated carbocycles. The predicted molar refractivity (Wildman–Crippen MR) is 78.0 cm³/mol. The molecule has 18 heavy (non-hydrogen) atoms. The standard InChI is InChI=1S/C13H23N3OS/c1-6-10(2)12-11(9-17)18-13(14-12)16(5)8-7-15(3)4/h9-10H,6-8H2,1-5H3. The number of likely N-dealkylation sites (N-methyl/N-ethyl adjacent to an activating group) is 2. The van der Waals surface area contributed by atoms with Gasteiger partial charge in [-0.05, 0) is 26.4 Å². The first-order valence-corrected chi connectivity index (χ1v) is 7.13. The van der Waals surface area contributed by atoms with Crippen molar-refractivity contribution in [2.75, 3.05) is 39.1 Å². The molecule has 0 aliphatic heterocycles. The zero-order valence-electron chi connectivity index (χ0n) is 11.9. The first kappa shape index (κ1) is 15.1. The minimum Gasteiger partial charge on any atom is -0.350 e. The van der Waals surface area contributed by atoms with Gasteiger partial charge in [0, 0.05) is 20.1 Å². The number of hydrogen-bond acceptors (Lipinski definition) is 5. The zero-order valence-corrected chi connectivity index (χ0v) is 12.8. The van der Waals surface area contributed by atoms with Crippen molar-refractivity contribution in [2.24, 2.45) is 0 Å². The smallest absolute Gasteiger partial charge is 0.186 e. The van der Waals surface area contributed by atoms with Gasteiger partial charge in [-0.25, -0.2) is 4.98 Å². The number of thiazole rings is 1. The molecular weight excluding hydrogens is 246 g/mol. The lowest BCUT2D eigenvalue weighted by atomic mass is 10.0. The Bertz CT molecular complexity index is 390. The number of nitrogens with zero attached hydrogens (tertiary/aromatic N) is 3. The average Bonchev–Trinajstić information content (AvgIpc) is 2.78. The van der Waals surface area contributed by atoms with E-state index >= 15 is 0 Å². The molecule has 0 saturated heterocycles. The van der Waals surface area contributed by atoms with Gasteiger partial charge in [-0.3, -0.25) is 4.79 Å². The topological polar surface area (TPSA) is 36.4 Å². The van der Waals surface area contributed by atoms with Gasteiger partial charge < -0.3 is 9.80 Å². The van der Waals surface area contributed by atoms with E-state index in [1.165, 1.54) is 11.3 Å². The highest BCUT2D eigenvalue weighted by atomic mass is 32.1. The van der Waals surface area contributed by atoms with Gasteiger partial charge in [0.15, 0.2) is 11.4 Å². The van der Waals surface area contributed by atoms with Gasteiger partial charge in [0.05, 0.1) is 10.6 Å². The summed E-state index contributed by atoms with van der Waals surface area (Å²) in [5.41, 5.74) is 0.948. The summed E-state index contributed by atoms with van der Waals surface area (Å²) in [4.78, 5) is 20.7. The quantitative estimate of drug-likeness (QED) is 0.713. The summed E-state index contributed by atoms with van der Waals surface area (Å²) in [7, 11) is 6.13. The predicted octanol–water partition coefficient (Wildman–Crippen LogP) is 2.47. The third kappa shape index (κ3) is 3.78. The molecule has 0 aromatic carbocycles. The summed E-state index contributed by atoms with van der Waals surface area (Å²) < 4.78 is 0. The van der Waals surface area contributed by atoms with Crippen molar-refractivity contribution >= 4 is 22.8 Å². The molecule has 0 aliphatic rings. The number of carbonyl (C=O) groups excluding carboxylic acids is 1. The number of aldehydes is 1. The largest absolute Gasteiger partial charge is 0.350 e. The van der Waals surface area contributed by atoms with Crippen LogP contribution in [0.4, 0.5) is 5.13 Å². The minimum atomic E-state index is 0.345. The lowest BCUT2D eigenvalue weighted by Crippen LogP contribution is -2.28. The van der Waals surface area contributed by atoms with Crippen molar-refractivity contribution in [1.29, 1.82) is 0 Å². The molecule has 5 heteroatoms. The monoisotopic (exact) mass is 269 g/mol. The van der Waals surface area contributed by atoms with Crippen LogP contribution in [0.25, 0.3) is 0 Å². The van der Waals surface area contributed by atoms with Gasteiger partial charge >= 0.3 is 0 Å². The fourth-order valence-corrected chi connectivity index (χ4v) is 2.56.